The molecule has 1 saturated heterocycles. The van der Waals surface area contributed by atoms with Gasteiger partial charge in [0, 0.05) is 13.1 Å². The van der Waals surface area contributed by atoms with Crippen LogP contribution >= 0.6 is 55.6 Å². The highest BCUT2D eigenvalue weighted by atomic mass is 79.9. The Labute approximate surface area is 140 Å². The molecule has 0 bridgehead atoms. The van der Waals surface area contributed by atoms with Crippen LogP contribution in [0.15, 0.2) is 13.6 Å². The molecule has 1 fully saturated rings. The number of rotatable bonds is 3. The van der Waals surface area contributed by atoms with E-state index < -0.39 is 0 Å². The molecule has 1 aromatic heterocycles. The molecular formula is C12H17Br2ClN2OS. The molecule has 1 unspecified atom stereocenters. The zero-order valence-corrected chi connectivity index (χ0v) is 15.4. The van der Waals surface area contributed by atoms with Crippen LogP contribution < -0.4 is 10.6 Å². The molecule has 19 heavy (non-hydrogen) atoms. The van der Waals surface area contributed by atoms with Crippen LogP contribution in [0.4, 0.5) is 0 Å². The number of carbonyl (C=O) groups is 1. The number of carbonyl (C=O) groups excluding carboxylic acids is 1. The summed E-state index contributed by atoms with van der Waals surface area (Å²) in [4.78, 5) is 12.1. The average Bonchev–Trinajstić information content (AvgIpc) is 2.67. The van der Waals surface area contributed by atoms with Crippen molar-refractivity contribution in [3.63, 3.8) is 0 Å². The van der Waals surface area contributed by atoms with Crippen LogP contribution in [0.5, 0.6) is 0 Å². The number of thiophene rings is 1. The summed E-state index contributed by atoms with van der Waals surface area (Å²) in [5, 5.41) is 6.43. The van der Waals surface area contributed by atoms with Crippen molar-refractivity contribution in [2.45, 2.75) is 19.8 Å². The van der Waals surface area contributed by atoms with Gasteiger partial charge in [-0.3, -0.25) is 4.79 Å². The van der Waals surface area contributed by atoms with Gasteiger partial charge in [-0.2, -0.15) is 0 Å². The highest BCUT2D eigenvalue weighted by molar-refractivity contribution is 9.12. The molecule has 2 heterocycles. The number of hydrogen-bond acceptors (Lipinski definition) is 3. The summed E-state index contributed by atoms with van der Waals surface area (Å²) in [6.07, 6.45) is 2.34. The van der Waals surface area contributed by atoms with E-state index in [1.165, 1.54) is 17.8 Å². The standard InChI is InChI=1S/C12H16Br2N2OS.ClH/c1-12(3-2-4-15-6-12)7-16-11(17)8-5-9(13)18-10(8)14;/h5,15H,2-4,6-7H2,1H3,(H,16,17);1H. The predicted molar refractivity (Wildman–Crippen MR) is 89.5 cm³/mol. The van der Waals surface area contributed by atoms with E-state index >= 15 is 0 Å². The van der Waals surface area contributed by atoms with Crippen LogP contribution in [0.25, 0.3) is 0 Å². The summed E-state index contributed by atoms with van der Waals surface area (Å²) < 4.78 is 1.84. The van der Waals surface area contributed by atoms with E-state index in [4.69, 9.17) is 0 Å². The summed E-state index contributed by atoms with van der Waals surface area (Å²) >= 11 is 8.32. The van der Waals surface area contributed by atoms with Gasteiger partial charge in [0.15, 0.2) is 0 Å². The Kier molecular flexibility index (Phi) is 6.79. The van der Waals surface area contributed by atoms with Crippen LogP contribution in [-0.4, -0.2) is 25.5 Å². The fourth-order valence-electron chi connectivity index (χ4n) is 2.15. The maximum atomic E-state index is 12.1. The highest BCUT2D eigenvalue weighted by Gasteiger charge is 2.27. The van der Waals surface area contributed by atoms with Crippen LogP contribution in [0, 0.1) is 5.41 Å². The summed E-state index contributed by atoms with van der Waals surface area (Å²) in [5.41, 5.74) is 0.882. The zero-order chi connectivity index (χ0) is 13.2. The van der Waals surface area contributed by atoms with Gasteiger partial charge < -0.3 is 10.6 Å². The van der Waals surface area contributed by atoms with Crippen molar-refractivity contribution < 1.29 is 4.79 Å². The Bertz CT molecular complexity index is 447. The Morgan fingerprint density at radius 3 is 2.84 bits per heavy atom. The third kappa shape index (κ3) is 4.70. The molecule has 2 N–H and O–H groups in total. The van der Waals surface area contributed by atoms with E-state index in [0.717, 1.165) is 33.6 Å². The Hall–Kier alpha value is 0.380. The normalized spacial score (nSPS) is 22.7. The van der Waals surface area contributed by atoms with E-state index in [1.807, 2.05) is 6.07 Å². The molecule has 1 aliphatic heterocycles. The third-order valence-corrected chi connectivity index (χ3v) is 5.60. The molecule has 3 nitrogen and oxygen atoms in total. The molecule has 1 aromatic rings. The second-order valence-electron chi connectivity index (χ2n) is 5.01. The minimum atomic E-state index is -0.00405. The Morgan fingerprint density at radius 2 is 2.32 bits per heavy atom. The second kappa shape index (κ2) is 7.41. The summed E-state index contributed by atoms with van der Waals surface area (Å²) in [5.74, 6) is -0.00405. The summed E-state index contributed by atoms with van der Waals surface area (Å²) in [7, 11) is 0. The van der Waals surface area contributed by atoms with Crippen molar-refractivity contribution in [1.29, 1.82) is 0 Å². The van der Waals surface area contributed by atoms with E-state index in [0.29, 0.717) is 5.56 Å². The van der Waals surface area contributed by atoms with Crippen LogP contribution in [-0.2, 0) is 0 Å². The maximum Gasteiger partial charge on any atom is 0.253 e. The topological polar surface area (TPSA) is 41.1 Å². The van der Waals surface area contributed by atoms with Crippen molar-refractivity contribution >= 4 is 61.5 Å². The number of amides is 1. The smallest absolute Gasteiger partial charge is 0.253 e. The van der Waals surface area contributed by atoms with Crippen molar-refractivity contribution in [2.24, 2.45) is 5.41 Å². The predicted octanol–water partition coefficient (Wildman–Crippen LogP) is 3.81. The third-order valence-electron chi connectivity index (χ3n) is 3.26. The summed E-state index contributed by atoms with van der Waals surface area (Å²) in [6, 6.07) is 1.85. The largest absolute Gasteiger partial charge is 0.351 e. The van der Waals surface area contributed by atoms with Crippen molar-refractivity contribution in [2.75, 3.05) is 19.6 Å². The van der Waals surface area contributed by atoms with Gasteiger partial charge in [0.05, 0.1) is 13.1 Å². The average molecular weight is 433 g/mol. The van der Waals surface area contributed by atoms with Gasteiger partial charge in [-0.05, 0) is 62.7 Å². The lowest BCUT2D eigenvalue weighted by molar-refractivity contribution is 0.0924. The molecule has 2 rings (SSSR count). The molecule has 0 aliphatic carbocycles. The lowest BCUT2D eigenvalue weighted by Crippen LogP contribution is -2.45. The van der Waals surface area contributed by atoms with Gasteiger partial charge in [0.1, 0.15) is 0 Å². The van der Waals surface area contributed by atoms with E-state index in [1.54, 1.807) is 0 Å². The first kappa shape index (κ1) is 17.4. The molecular weight excluding hydrogens is 415 g/mol. The molecule has 1 amide bonds. The van der Waals surface area contributed by atoms with Crippen LogP contribution in [0.3, 0.4) is 0 Å². The van der Waals surface area contributed by atoms with E-state index in [9.17, 15) is 4.79 Å². The van der Waals surface area contributed by atoms with Gasteiger partial charge >= 0.3 is 0 Å². The maximum absolute atomic E-state index is 12.1. The highest BCUT2D eigenvalue weighted by Crippen LogP contribution is 2.32. The first-order chi connectivity index (χ1) is 8.50. The van der Waals surface area contributed by atoms with Crippen molar-refractivity contribution in [1.82, 2.24) is 10.6 Å². The second-order valence-corrected chi connectivity index (χ2v) is 8.76. The van der Waals surface area contributed by atoms with Gasteiger partial charge in [0.25, 0.3) is 5.91 Å². The first-order valence-corrected chi connectivity index (χ1v) is 8.34. The fourth-order valence-corrected chi connectivity index (χ4v) is 4.95. The molecule has 1 atom stereocenters. The number of piperidine rings is 1. The lowest BCUT2D eigenvalue weighted by atomic mass is 9.83. The van der Waals surface area contributed by atoms with Gasteiger partial charge in [0.2, 0.25) is 0 Å². The summed E-state index contributed by atoms with van der Waals surface area (Å²) in [6.45, 7) is 5.01. The molecule has 0 radical (unpaired) electrons. The monoisotopic (exact) mass is 430 g/mol. The van der Waals surface area contributed by atoms with Crippen molar-refractivity contribution in [3.05, 3.63) is 19.2 Å². The quantitative estimate of drug-likeness (QED) is 0.763. The van der Waals surface area contributed by atoms with Crippen LogP contribution in [0.2, 0.25) is 0 Å². The van der Waals surface area contributed by atoms with Gasteiger partial charge in [-0.15, -0.1) is 23.7 Å². The molecule has 7 heteroatoms. The van der Waals surface area contributed by atoms with Gasteiger partial charge in [-0.1, -0.05) is 6.92 Å². The molecule has 1 aliphatic rings. The Balaban J connectivity index is 0.00000180. The van der Waals surface area contributed by atoms with Gasteiger partial charge in [-0.25, -0.2) is 0 Å². The number of halogens is 3. The SMILES string of the molecule is CC1(CNC(=O)c2cc(Br)sc2Br)CCCNC1.Cl. The number of nitrogens with one attached hydrogen (secondary N) is 2. The van der Waals surface area contributed by atoms with Crippen molar-refractivity contribution in [3.8, 4) is 0 Å². The zero-order valence-electron chi connectivity index (χ0n) is 10.6. The fraction of sp³-hybridized carbons (Fsp3) is 0.583. The molecule has 0 saturated carbocycles. The van der Waals surface area contributed by atoms with E-state index in [-0.39, 0.29) is 23.7 Å². The first-order valence-electron chi connectivity index (χ1n) is 5.94. The molecule has 0 spiro atoms. The minimum absolute atomic E-state index is 0. The minimum Gasteiger partial charge on any atom is -0.351 e. The molecule has 108 valence electrons. The lowest BCUT2D eigenvalue weighted by Gasteiger charge is -2.34. The molecule has 0 aromatic carbocycles. The Morgan fingerprint density at radius 1 is 1.58 bits per heavy atom. The van der Waals surface area contributed by atoms with Crippen LogP contribution in [0.1, 0.15) is 30.1 Å². The van der Waals surface area contributed by atoms with E-state index in [2.05, 4.69) is 49.4 Å². The number of hydrogen-bond donors (Lipinski definition) is 2.